The van der Waals surface area contributed by atoms with Crippen molar-refractivity contribution in [2.75, 3.05) is 19.8 Å². The van der Waals surface area contributed by atoms with Gasteiger partial charge in [-0.2, -0.15) is 0 Å². The van der Waals surface area contributed by atoms with Crippen LogP contribution in [0.2, 0.25) is 0 Å². The Hall–Kier alpha value is -0.440. The summed E-state index contributed by atoms with van der Waals surface area (Å²) in [6, 6.07) is 0. The minimum atomic E-state index is -1.86. The van der Waals surface area contributed by atoms with Gasteiger partial charge in [-0.1, -0.05) is 0 Å². The first kappa shape index (κ1) is 20.6. The summed E-state index contributed by atoms with van der Waals surface area (Å²) >= 11 is 0. The minimum Gasteiger partial charge on any atom is -0.394 e. The van der Waals surface area contributed by atoms with E-state index in [1.807, 2.05) is 0 Å². The first-order valence-electron chi connectivity index (χ1n) is 6.99. The van der Waals surface area contributed by atoms with E-state index in [9.17, 15) is 35.7 Å². The lowest BCUT2D eigenvalue weighted by atomic mass is 9.99. The van der Waals surface area contributed by atoms with Crippen molar-refractivity contribution in [1.82, 2.24) is 0 Å². The van der Waals surface area contributed by atoms with Gasteiger partial charge in [-0.05, 0) is 0 Å². The van der Waals surface area contributed by atoms with Crippen LogP contribution in [0.15, 0.2) is 0 Å². The highest BCUT2D eigenvalue weighted by Crippen LogP contribution is 2.22. The molecule has 0 unspecified atom stereocenters. The second-order valence-corrected chi connectivity index (χ2v) is 5.33. The highest BCUT2D eigenvalue weighted by molar-refractivity contribution is 4.89. The van der Waals surface area contributed by atoms with Gasteiger partial charge < -0.3 is 55.4 Å². The molecular formula is C12H24O11. The van der Waals surface area contributed by atoms with Crippen LogP contribution in [0.4, 0.5) is 0 Å². The molecule has 1 aliphatic rings. The van der Waals surface area contributed by atoms with E-state index in [-0.39, 0.29) is 0 Å². The zero-order valence-electron chi connectivity index (χ0n) is 12.2. The predicted molar refractivity (Wildman–Crippen MR) is 70.8 cm³/mol. The van der Waals surface area contributed by atoms with Crippen molar-refractivity contribution in [2.24, 2.45) is 0 Å². The van der Waals surface area contributed by atoms with Crippen molar-refractivity contribution < 1.29 is 55.4 Å². The van der Waals surface area contributed by atoms with Gasteiger partial charge in [-0.3, -0.25) is 0 Å². The summed E-state index contributed by atoms with van der Waals surface area (Å²) in [6.07, 6.45) is -14.7. The average molecular weight is 344 g/mol. The average Bonchev–Trinajstić information content (AvgIpc) is 2.56. The third-order valence-corrected chi connectivity index (χ3v) is 3.61. The Balaban J connectivity index is 2.55. The van der Waals surface area contributed by atoms with Gasteiger partial charge >= 0.3 is 0 Å². The van der Waals surface area contributed by atoms with Crippen LogP contribution in [0.1, 0.15) is 0 Å². The van der Waals surface area contributed by atoms with E-state index >= 15 is 0 Å². The Morgan fingerprint density at radius 1 is 0.826 bits per heavy atom. The Morgan fingerprint density at radius 2 is 1.39 bits per heavy atom. The lowest BCUT2D eigenvalue weighted by Crippen LogP contribution is -2.59. The molecule has 11 heteroatoms. The van der Waals surface area contributed by atoms with Gasteiger partial charge in [0.1, 0.15) is 48.8 Å². The summed E-state index contributed by atoms with van der Waals surface area (Å²) in [6.45, 7) is -2.16. The monoisotopic (exact) mass is 344 g/mol. The summed E-state index contributed by atoms with van der Waals surface area (Å²) in [5.74, 6) is 0. The molecule has 138 valence electrons. The quantitative estimate of drug-likeness (QED) is 0.203. The number of ether oxygens (including phenoxy) is 2. The molecule has 0 spiro atoms. The fourth-order valence-electron chi connectivity index (χ4n) is 2.06. The van der Waals surface area contributed by atoms with Crippen LogP contribution in [0.3, 0.4) is 0 Å². The van der Waals surface area contributed by atoms with E-state index < -0.39 is 74.9 Å². The molecule has 0 radical (unpaired) electrons. The summed E-state index contributed by atoms with van der Waals surface area (Å²) in [4.78, 5) is 0. The second-order valence-electron chi connectivity index (χ2n) is 5.33. The molecule has 0 aliphatic carbocycles. The fourth-order valence-corrected chi connectivity index (χ4v) is 2.06. The molecule has 1 saturated heterocycles. The van der Waals surface area contributed by atoms with Crippen molar-refractivity contribution in [2.45, 2.75) is 55.1 Å². The third kappa shape index (κ3) is 5.01. The molecule has 1 fully saturated rings. The first-order valence-corrected chi connectivity index (χ1v) is 6.99. The normalized spacial score (nSPS) is 37.2. The number of rotatable bonds is 8. The summed E-state index contributed by atoms with van der Waals surface area (Å²) in [5, 5.41) is 84.4. The summed E-state index contributed by atoms with van der Waals surface area (Å²) < 4.78 is 9.99. The Bertz CT molecular complexity index is 341. The maximum Gasteiger partial charge on any atom is 0.186 e. The van der Waals surface area contributed by atoms with Crippen LogP contribution in [-0.4, -0.2) is 121 Å². The van der Waals surface area contributed by atoms with Crippen LogP contribution < -0.4 is 0 Å². The smallest absolute Gasteiger partial charge is 0.186 e. The van der Waals surface area contributed by atoms with E-state index in [4.69, 9.17) is 19.7 Å². The van der Waals surface area contributed by atoms with Gasteiger partial charge in [0.05, 0.1) is 19.8 Å². The summed E-state index contributed by atoms with van der Waals surface area (Å²) in [7, 11) is 0. The molecule has 0 aromatic rings. The van der Waals surface area contributed by atoms with Crippen molar-refractivity contribution in [3.63, 3.8) is 0 Å². The summed E-state index contributed by atoms with van der Waals surface area (Å²) in [5.41, 5.74) is 0. The van der Waals surface area contributed by atoms with Gasteiger partial charge in [0.2, 0.25) is 0 Å². The molecule has 1 heterocycles. The Labute approximate surface area is 131 Å². The second kappa shape index (κ2) is 9.15. The highest BCUT2D eigenvalue weighted by atomic mass is 16.7. The zero-order valence-corrected chi connectivity index (χ0v) is 12.2. The zero-order chi connectivity index (χ0) is 17.7. The molecule has 0 bridgehead atoms. The molecule has 0 aromatic carbocycles. The molecule has 1 rings (SSSR count). The van der Waals surface area contributed by atoms with E-state index in [2.05, 4.69) is 0 Å². The van der Waals surface area contributed by atoms with Crippen molar-refractivity contribution >= 4 is 0 Å². The van der Waals surface area contributed by atoms with Gasteiger partial charge in [0, 0.05) is 0 Å². The van der Waals surface area contributed by atoms with Crippen LogP contribution >= 0.6 is 0 Å². The van der Waals surface area contributed by atoms with Gasteiger partial charge in [0.25, 0.3) is 0 Å². The van der Waals surface area contributed by atoms with Gasteiger partial charge in [-0.15, -0.1) is 0 Å². The molecule has 0 amide bonds. The number of hydrogen-bond acceptors (Lipinski definition) is 11. The van der Waals surface area contributed by atoms with E-state index in [1.165, 1.54) is 0 Å². The Morgan fingerprint density at radius 3 is 1.91 bits per heavy atom. The topological polar surface area (TPSA) is 201 Å². The number of hydrogen-bond donors (Lipinski definition) is 9. The van der Waals surface area contributed by atoms with Gasteiger partial charge in [0.15, 0.2) is 6.29 Å². The van der Waals surface area contributed by atoms with Crippen LogP contribution in [0.25, 0.3) is 0 Å². The van der Waals surface area contributed by atoms with Crippen LogP contribution in [0, 0.1) is 0 Å². The maximum atomic E-state index is 9.70. The van der Waals surface area contributed by atoms with E-state index in [0.717, 1.165) is 0 Å². The standard InChI is InChI=1S/C12H24O11/c13-1-4(15)7(17)8(18)5(16)3-22-12-11(21)10(20)9(19)6(2-14)23-12/h4-21H,1-3H2/t4-,5-,6-,7-,8-,9-,10+,11-,12-/m1/s1. The van der Waals surface area contributed by atoms with E-state index in [0.29, 0.717) is 0 Å². The minimum absolute atomic E-state index is 0.655. The molecule has 11 nitrogen and oxygen atoms in total. The lowest BCUT2D eigenvalue weighted by molar-refractivity contribution is -0.306. The molecule has 23 heavy (non-hydrogen) atoms. The predicted octanol–water partition coefficient (Wildman–Crippen LogP) is -5.76. The molecule has 1 aliphatic heterocycles. The molecule has 0 saturated carbocycles. The molecule has 9 atom stereocenters. The largest absolute Gasteiger partial charge is 0.394 e. The maximum absolute atomic E-state index is 9.70. The van der Waals surface area contributed by atoms with Crippen molar-refractivity contribution in [3.05, 3.63) is 0 Å². The molecule has 9 N–H and O–H groups in total. The lowest BCUT2D eigenvalue weighted by Gasteiger charge is -2.40. The van der Waals surface area contributed by atoms with Crippen molar-refractivity contribution in [3.8, 4) is 0 Å². The number of aliphatic hydroxyl groups is 9. The molecule has 0 aromatic heterocycles. The molecular weight excluding hydrogens is 320 g/mol. The SMILES string of the molecule is OC[C@@H](O)[C@@H](O)[C@H](O)[C@H](O)CO[C@@H]1O[C@H](CO)[C@@H](O)[C@H](O)[C@H]1O. The number of aliphatic hydroxyl groups excluding tert-OH is 9. The van der Waals surface area contributed by atoms with Crippen LogP contribution in [-0.2, 0) is 9.47 Å². The third-order valence-electron chi connectivity index (χ3n) is 3.61. The van der Waals surface area contributed by atoms with Crippen molar-refractivity contribution in [1.29, 1.82) is 0 Å². The first-order chi connectivity index (χ1) is 10.7. The Kier molecular flexibility index (Phi) is 8.20. The van der Waals surface area contributed by atoms with Crippen LogP contribution in [0.5, 0.6) is 0 Å². The van der Waals surface area contributed by atoms with Gasteiger partial charge in [-0.25, -0.2) is 0 Å². The highest BCUT2D eigenvalue weighted by Gasteiger charge is 2.44. The fraction of sp³-hybridized carbons (Fsp3) is 1.00. The van der Waals surface area contributed by atoms with E-state index in [1.54, 1.807) is 0 Å².